The van der Waals surface area contributed by atoms with Gasteiger partial charge in [0.2, 0.25) is 0 Å². The number of anilines is 1. The van der Waals surface area contributed by atoms with Crippen LogP contribution in [-0.4, -0.2) is 16.9 Å². The van der Waals surface area contributed by atoms with E-state index < -0.39 is 0 Å². The fourth-order valence-corrected chi connectivity index (χ4v) is 2.40. The summed E-state index contributed by atoms with van der Waals surface area (Å²) < 4.78 is 0. The van der Waals surface area contributed by atoms with Gasteiger partial charge in [0.25, 0.3) is 5.91 Å². The van der Waals surface area contributed by atoms with Gasteiger partial charge in [-0.3, -0.25) is 4.79 Å². The van der Waals surface area contributed by atoms with E-state index in [4.69, 9.17) is 5.84 Å². The number of rotatable bonds is 5. The highest BCUT2D eigenvalue weighted by Gasteiger charge is 2.25. The molecule has 110 valence electrons. The van der Waals surface area contributed by atoms with Crippen LogP contribution in [0.15, 0.2) is 12.1 Å². The maximum Gasteiger partial charge on any atom is 0.251 e. The van der Waals surface area contributed by atoms with E-state index in [0.29, 0.717) is 17.3 Å². The highest BCUT2D eigenvalue weighted by Crippen LogP contribution is 2.29. The SMILES string of the molecule is CC(C)c1cc(C(=O)NC(C)C2CCC2)cc(NN)n1. The summed E-state index contributed by atoms with van der Waals surface area (Å²) in [5.41, 5.74) is 4.00. The number of nitrogen functional groups attached to an aromatic ring is 1. The van der Waals surface area contributed by atoms with Crippen molar-refractivity contribution in [3.63, 3.8) is 0 Å². The minimum atomic E-state index is -0.0507. The van der Waals surface area contributed by atoms with Gasteiger partial charge in [-0.25, -0.2) is 10.8 Å². The number of hydrogen-bond donors (Lipinski definition) is 3. The Labute approximate surface area is 120 Å². The number of aromatic nitrogens is 1. The van der Waals surface area contributed by atoms with Crippen molar-refractivity contribution in [2.24, 2.45) is 11.8 Å². The molecule has 0 bridgehead atoms. The van der Waals surface area contributed by atoms with Gasteiger partial charge in [-0.05, 0) is 43.7 Å². The number of carbonyl (C=O) groups is 1. The molecule has 5 nitrogen and oxygen atoms in total. The standard InChI is InChI=1S/C15H24N4O/c1-9(2)13-7-12(8-14(18-13)19-16)15(20)17-10(3)11-5-4-6-11/h7-11H,4-6,16H2,1-3H3,(H,17,20)(H,18,19). The van der Waals surface area contributed by atoms with Crippen LogP contribution in [0.3, 0.4) is 0 Å². The molecule has 0 saturated heterocycles. The molecule has 0 radical (unpaired) electrons. The average molecular weight is 276 g/mol. The fourth-order valence-electron chi connectivity index (χ4n) is 2.40. The zero-order valence-electron chi connectivity index (χ0n) is 12.4. The maximum atomic E-state index is 12.3. The third-order valence-electron chi connectivity index (χ3n) is 4.06. The molecule has 0 aliphatic heterocycles. The molecule has 1 aliphatic carbocycles. The van der Waals surface area contributed by atoms with Gasteiger partial charge < -0.3 is 10.7 Å². The predicted octanol–water partition coefficient (Wildman–Crippen LogP) is 2.41. The van der Waals surface area contributed by atoms with Crippen LogP contribution < -0.4 is 16.6 Å². The first-order chi connectivity index (χ1) is 9.51. The minimum absolute atomic E-state index is 0.0507. The number of nitrogens with zero attached hydrogens (tertiary/aromatic N) is 1. The Morgan fingerprint density at radius 3 is 2.55 bits per heavy atom. The molecular weight excluding hydrogens is 252 g/mol. The van der Waals surface area contributed by atoms with E-state index in [2.05, 4.69) is 22.7 Å². The van der Waals surface area contributed by atoms with Crippen LogP contribution in [0.5, 0.6) is 0 Å². The Hall–Kier alpha value is -1.62. The van der Waals surface area contributed by atoms with E-state index in [1.54, 1.807) is 6.07 Å². The molecule has 4 N–H and O–H groups in total. The van der Waals surface area contributed by atoms with Gasteiger partial charge in [0.1, 0.15) is 5.82 Å². The Morgan fingerprint density at radius 1 is 1.35 bits per heavy atom. The number of amides is 1. The minimum Gasteiger partial charge on any atom is -0.349 e. The van der Waals surface area contributed by atoms with Crippen molar-refractivity contribution in [3.05, 3.63) is 23.4 Å². The summed E-state index contributed by atoms with van der Waals surface area (Å²) in [5, 5.41) is 3.08. The van der Waals surface area contributed by atoms with Gasteiger partial charge in [-0.1, -0.05) is 20.3 Å². The van der Waals surface area contributed by atoms with E-state index in [0.717, 1.165) is 5.69 Å². The second-order valence-electron chi connectivity index (χ2n) is 5.92. The Kier molecular flexibility index (Phi) is 4.60. The van der Waals surface area contributed by atoms with E-state index in [1.165, 1.54) is 19.3 Å². The smallest absolute Gasteiger partial charge is 0.251 e. The van der Waals surface area contributed by atoms with E-state index >= 15 is 0 Å². The molecular formula is C15H24N4O. The summed E-state index contributed by atoms with van der Waals surface area (Å²) in [7, 11) is 0. The molecule has 1 aliphatic rings. The first-order valence-corrected chi connectivity index (χ1v) is 7.30. The van der Waals surface area contributed by atoms with Crippen LogP contribution in [0.25, 0.3) is 0 Å². The fraction of sp³-hybridized carbons (Fsp3) is 0.600. The predicted molar refractivity (Wildman–Crippen MR) is 80.4 cm³/mol. The largest absolute Gasteiger partial charge is 0.349 e. The summed E-state index contributed by atoms with van der Waals surface area (Å²) >= 11 is 0. The lowest BCUT2D eigenvalue weighted by Gasteiger charge is -2.31. The molecule has 1 unspecified atom stereocenters. The molecule has 1 amide bonds. The van der Waals surface area contributed by atoms with Gasteiger partial charge >= 0.3 is 0 Å². The zero-order chi connectivity index (χ0) is 14.7. The van der Waals surface area contributed by atoms with Crippen molar-refractivity contribution in [3.8, 4) is 0 Å². The highest BCUT2D eigenvalue weighted by molar-refractivity contribution is 5.95. The third-order valence-corrected chi connectivity index (χ3v) is 4.06. The van der Waals surface area contributed by atoms with Crippen molar-refractivity contribution < 1.29 is 4.79 Å². The monoisotopic (exact) mass is 276 g/mol. The van der Waals surface area contributed by atoms with E-state index in [9.17, 15) is 4.79 Å². The molecule has 1 heterocycles. The zero-order valence-corrected chi connectivity index (χ0v) is 12.4. The molecule has 20 heavy (non-hydrogen) atoms. The topological polar surface area (TPSA) is 80.0 Å². The maximum absolute atomic E-state index is 12.3. The quantitative estimate of drug-likeness (QED) is 0.570. The number of pyridine rings is 1. The van der Waals surface area contributed by atoms with E-state index in [1.807, 2.05) is 19.9 Å². The van der Waals surface area contributed by atoms with Crippen molar-refractivity contribution in [2.45, 2.75) is 52.0 Å². The van der Waals surface area contributed by atoms with Crippen LogP contribution in [0.2, 0.25) is 0 Å². The van der Waals surface area contributed by atoms with Crippen LogP contribution in [0.4, 0.5) is 5.82 Å². The molecule has 5 heteroatoms. The first kappa shape index (κ1) is 14.8. The number of hydrogen-bond acceptors (Lipinski definition) is 4. The van der Waals surface area contributed by atoms with Gasteiger partial charge in [0.15, 0.2) is 0 Å². The molecule has 0 spiro atoms. The van der Waals surface area contributed by atoms with Crippen LogP contribution in [0, 0.1) is 5.92 Å². The average Bonchev–Trinajstić information content (AvgIpc) is 2.35. The number of carbonyl (C=O) groups excluding carboxylic acids is 1. The Morgan fingerprint density at radius 2 is 2.05 bits per heavy atom. The van der Waals surface area contributed by atoms with Gasteiger partial charge in [-0.2, -0.15) is 0 Å². The molecule has 1 aromatic rings. The number of nitrogens with one attached hydrogen (secondary N) is 2. The number of nitrogens with two attached hydrogens (primary N) is 1. The summed E-state index contributed by atoms with van der Waals surface area (Å²) in [6.45, 7) is 6.16. The van der Waals surface area contributed by atoms with Crippen LogP contribution in [0.1, 0.15) is 62.0 Å². The molecule has 1 aromatic heterocycles. The van der Waals surface area contributed by atoms with Crippen molar-refractivity contribution in [1.29, 1.82) is 0 Å². The molecule has 0 aromatic carbocycles. The van der Waals surface area contributed by atoms with Gasteiger partial charge in [0.05, 0.1) is 0 Å². The lowest BCUT2D eigenvalue weighted by molar-refractivity contribution is 0.0909. The summed E-state index contributed by atoms with van der Waals surface area (Å²) in [4.78, 5) is 16.7. The Balaban J connectivity index is 2.13. The molecule has 2 rings (SSSR count). The molecule has 1 saturated carbocycles. The second-order valence-corrected chi connectivity index (χ2v) is 5.92. The third kappa shape index (κ3) is 3.28. The second kappa shape index (κ2) is 6.22. The van der Waals surface area contributed by atoms with Crippen LogP contribution >= 0.6 is 0 Å². The van der Waals surface area contributed by atoms with Gasteiger partial charge in [0, 0.05) is 17.3 Å². The Bertz CT molecular complexity index is 483. The molecule has 1 atom stereocenters. The lowest BCUT2D eigenvalue weighted by atomic mass is 9.80. The van der Waals surface area contributed by atoms with Crippen molar-refractivity contribution in [2.75, 3.05) is 5.43 Å². The van der Waals surface area contributed by atoms with Crippen molar-refractivity contribution in [1.82, 2.24) is 10.3 Å². The summed E-state index contributed by atoms with van der Waals surface area (Å²) in [5.74, 6) is 6.77. The van der Waals surface area contributed by atoms with Gasteiger partial charge in [-0.15, -0.1) is 0 Å². The summed E-state index contributed by atoms with van der Waals surface area (Å²) in [6.07, 6.45) is 3.70. The van der Waals surface area contributed by atoms with E-state index in [-0.39, 0.29) is 17.9 Å². The number of hydrazine groups is 1. The summed E-state index contributed by atoms with van der Waals surface area (Å²) in [6, 6.07) is 3.75. The van der Waals surface area contributed by atoms with Crippen molar-refractivity contribution >= 4 is 11.7 Å². The lowest BCUT2D eigenvalue weighted by Crippen LogP contribution is -2.40. The van der Waals surface area contributed by atoms with Crippen LogP contribution in [-0.2, 0) is 0 Å². The molecule has 1 fully saturated rings. The highest BCUT2D eigenvalue weighted by atomic mass is 16.1. The first-order valence-electron chi connectivity index (χ1n) is 7.30. The normalized spacial score (nSPS) is 16.6.